The van der Waals surface area contributed by atoms with Gasteiger partial charge in [0.15, 0.2) is 0 Å². The van der Waals surface area contributed by atoms with Crippen molar-refractivity contribution >= 4 is 45.8 Å². The van der Waals surface area contributed by atoms with Gasteiger partial charge >= 0.3 is 0 Å². The van der Waals surface area contributed by atoms with E-state index in [2.05, 4.69) is 54.5 Å². The lowest BCUT2D eigenvalue weighted by atomic mass is 10.2. The molecule has 0 aliphatic carbocycles. The summed E-state index contributed by atoms with van der Waals surface area (Å²) in [7, 11) is 0. The van der Waals surface area contributed by atoms with E-state index in [9.17, 15) is 0 Å². The molecule has 2 heterocycles. The standard InChI is InChI=1S/C14H14ClIN4/c15-11-1-3-13(4-2-11)19-5-7-20(8-6-19)14-17-9-12(16)10-18-14/h1-4,9-10H,5-8H2. The van der Waals surface area contributed by atoms with Crippen LogP contribution in [0.25, 0.3) is 0 Å². The smallest absolute Gasteiger partial charge is 0.225 e. The molecule has 104 valence electrons. The lowest BCUT2D eigenvalue weighted by Gasteiger charge is -2.36. The molecule has 20 heavy (non-hydrogen) atoms. The van der Waals surface area contributed by atoms with E-state index in [0.29, 0.717) is 0 Å². The van der Waals surface area contributed by atoms with Gasteiger partial charge in [-0.25, -0.2) is 9.97 Å². The Kier molecular flexibility index (Phi) is 4.26. The van der Waals surface area contributed by atoms with Crippen LogP contribution in [0.2, 0.25) is 5.02 Å². The van der Waals surface area contributed by atoms with Crippen molar-refractivity contribution in [1.82, 2.24) is 9.97 Å². The second-order valence-electron chi connectivity index (χ2n) is 4.65. The molecule has 1 aromatic heterocycles. The summed E-state index contributed by atoms with van der Waals surface area (Å²) in [5.41, 5.74) is 1.22. The molecule has 1 aromatic carbocycles. The summed E-state index contributed by atoms with van der Waals surface area (Å²) >= 11 is 8.14. The van der Waals surface area contributed by atoms with Crippen molar-refractivity contribution in [3.05, 3.63) is 45.3 Å². The molecule has 0 amide bonds. The number of rotatable bonds is 2. The van der Waals surface area contributed by atoms with Crippen molar-refractivity contribution < 1.29 is 0 Å². The second kappa shape index (κ2) is 6.13. The highest BCUT2D eigenvalue weighted by Crippen LogP contribution is 2.20. The molecule has 3 rings (SSSR count). The van der Waals surface area contributed by atoms with Crippen LogP contribution in [0.15, 0.2) is 36.7 Å². The fraction of sp³-hybridized carbons (Fsp3) is 0.286. The first-order valence-electron chi connectivity index (χ1n) is 6.45. The van der Waals surface area contributed by atoms with Gasteiger partial charge in [-0.1, -0.05) is 11.6 Å². The number of hydrogen-bond acceptors (Lipinski definition) is 4. The highest BCUT2D eigenvalue weighted by atomic mass is 127. The summed E-state index contributed by atoms with van der Waals surface area (Å²) < 4.78 is 1.06. The van der Waals surface area contributed by atoms with E-state index in [-0.39, 0.29) is 0 Å². The van der Waals surface area contributed by atoms with Gasteiger partial charge in [-0.15, -0.1) is 0 Å². The highest BCUT2D eigenvalue weighted by Gasteiger charge is 2.18. The molecule has 1 aliphatic rings. The summed E-state index contributed by atoms with van der Waals surface area (Å²) in [6.07, 6.45) is 3.71. The van der Waals surface area contributed by atoms with Crippen LogP contribution in [0.4, 0.5) is 11.6 Å². The zero-order valence-corrected chi connectivity index (χ0v) is 13.8. The van der Waals surface area contributed by atoms with Gasteiger partial charge in [0.05, 0.1) is 0 Å². The van der Waals surface area contributed by atoms with Crippen LogP contribution in [-0.2, 0) is 0 Å². The number of piperazine rings is 1. The third-order valence-corrected chi connectivity index (χ3v) is 4.17. The minimum atomic E-state index is 0.777. The Morgan fingerprint density at radius 2 is 1.45 bits per heavy atom. The lowest BCUT2D eigenvalue weighted by molar-refractivity contribution is 0.640. The van der Waals surface area contributed by atoms with Gasteiger partial charge in [0.2, 0.25) is 5.95 Å². The van der Waals surface area contributed by atoms with Gasteiger partial charge < -0.3 is 9.80 Å². The third kappa shape index (κ3) is 3.15. The number of nitrogens with zero attached hydrogens (tertiary/aromatic N) is 4. The van der Waals surface area contributed by atoms with E-state index in [4.69, 9.17) is 11.6 Å². The molecule has 0 atom stereocenters. The van der Waals surface area contributed by atoms with Gasteiger partial charge in [-0.05, 0) is 46.9 Å². The van der Waals surface area contributed by atoms with Crippen molar-refractivity contribution in [3.8, 4) is 0 Å². The maximum Gasteiger partial charge on any atom is 0.225 e. The van der Waals surface area contributed by atoms with Crippen LogP contribution >= 0.6 is 34.2 Å². The average molecular weight is 401 g/mol. The summed E-state index contributed by atoms with van der Waals surface area (Å²) in [6, 6.07) is 8.01. The lowest BCUT2D eigenvalue weighted by Crippen LogP contribution is -2.47. The predicted molar refractivity (Wildman–Crippen MR) is 90.6 cm³/mol. The van der Waals surface area contributed by atoms with Crippen molar-refractivity contribution in [1.29, 1.82) is 0 Å². The molecule has 0 radical (unpaired) electrons. The Balaban J connectivity index is 1.64. The molecule has 0 spiro atoms. The van der Waals surface area contributed by atoms with Crippen molar-refractivity contribution in [3.63, 3.8) is 0 Å². The fourth-order valence-corrected chi connectivity index (χ4v) is 2.69. The Morgan fingerprint density at radius 1 is 0.900 bits per heavy atom. The van der Waals surface area contributed by atoms with Crippen LogP contribution in [0.1, 0.15) is 0 Å². The van der Waals surface area contributed by atoms with E-state index in [1.165, 1.54) is 5.69 Å². The van der Waals surface area contributed by atoms with Crippen LogP contribution < -0.4 is 9.80 Å². The largest absolute Gasteiger partial charge is 0.368 e. The number of halogens is 2. The maximum atomic E-state index is 5.92. The van der Waals surface area contributed by atoms with Crippen LogP contribution in [-0.4, -0.2) is 36.1 Å². The van der Waals surface area contributed by atoms with E-state index >= 15 is 0 Å². The quantitative estimate of drug-likeness (QED) is 0.725. The summed E-state index contributed by atoms with van der Waals surface area (Å²) in [4.78, 5) is 13.4. The first kappa shape index (κ1) is 13.9. The Hall–Kier alpha value is -1.08. The molecular formula is C14H14ClIN4. The maximum absolute atomic E-state index is 5.92. The Morgan fingerprint density at radius 3 is 2.05 bits per heavy atom. The molecule has 0 unspecified atom stereocenters. The zero-order valence-electron chi connectivity index (χ0n) is 10.8. The third-order valence-electron chi connectivity index (χ3n) is 3.36. The number of hydrogen-bond donors (Lipinski definition) is 0. The SMILES string of the molecule is Clc1ccc(N2CCN(c3ncc(I)cn3)CC2)cc1. The van der Waals surface area contributed by atoms with Gasteiger partial charge in [-0.3, -0.25) is 0 Å². The predicted octanol–water partition coefficient (Wildman–Crippen LogP) is 3.06. The monoisotopic (exact) mass is 400 g/mol. The van der Waals surface area contributed by atoms with Crippen LogP contribution in [0.3, 0.4) is 0 Å². The van der Waals surface area contributed by atoms with Gasteiger partial charge in [0, 0.05) is 52.9 Å². The molecule has 0 saturated carbocycles. The molecule has 6 heteroatoms. The second-order valence-corrected chi connectivity index (χ2v) is 6.33. The number of anilines is 2. The van der Waals surface area contributed by atoms with Gasteiger partial charge in [-0.2, -0.15) is 0 Å². The summed E-state index contributed by atoms with van der Waals surface area (Å²) in [6.45, 7) is 3.81. The minimum Gasteiger partial charge on any atom is -0.368 e. The van der Waals surface area contributed by atoms with Gasteiger partial charge in [0.1, 0.15) is 0 Å². The van der Waals surface area contributed by atoms with Crippen LogP contribution in [0.5, 0.6) is 0 Å². The summed E-state index contributed by atoms with van der Waals surface area (Å²) in [5.74, 6) is 0.821. The van der Waals surface area contributed by atoms with E-state index < -0.39 is 0 Å². The first-order chi connectivity index (χ1) is 9.72. The normalized spacial score (nSPS) is 15.5. The molecule has 4 nitrogen and oxygen atoms in total. The van der Waals surface area contributed by atoms with Crippen LogP contribution in [0, 0.1) is 3.57 Å². The molecule has 1 fully saturated rings. The Bertz CT molecular complexity index is 511. The molecular weight excluding hydrogens is 387 g/mol. The number of benzene rings is 1. The molecule has 0 N–H and O–H groups in total. The topological polar surface area (TPSA) is 32.3 Å². The van der Waals surface area contributed by atoms with Crippen molar-refractivity contribution in [2.45, 2.75) is 0 Å². The fourth-order valence-electron chi connectivity index (χ4n) is 2.29. The molecule has 2 aromatic rings. The minimum absolute atomic E-state index is 0.777. The molecule has 1 aliphatic heterocycles. The van der Waals surface area contributed by atoms with E-state index in [1.54, 1.807) is 0 Å². The van der Waals surface area contributed by atoms with E-state index in [0.717, 1.165) is 40.7 Å². The van der Waals surface area contributed by atoms with Crippen molar-refractivity contribution in [2.75, 3.05) is 36.0 Å². The average Bonchev–Trinajstić information content (AvgIpc) is 2.49. The Labute approximate surface area is 136 Å². The zero-order chi connectivity index (χ0) is 13.9. The molecule has 1 saturated heterocycles. The summed E-state index contributed by atoms with van der Waals surface area (Å²) in [5, 5.41) is 0.777. The van der Waals surface area contributed by atoms with Crippen molar-refractivity contribution in [2.24, 2.45) is 0 Å². The first-order valence-corrected chi connectivity index (χ1v) is 7.91. The molecule has 0 bridgehead atoms. The van der Waals surface area contributed by atoms with Gasteiger partial charge in [0.25, 0.3) is 0 Å². The van der Waals surface area contributed by atoms with E-state index in [1.807, 2.05) is 24.5 Å². The highest BCUT2D eigenvalue weighted by molar-refractivity contribution is 14.1. The number of aromatic nitrogens is 2.